The Labute approximate surface area is 188 Å². The Morgan fingerprint density at radius 3 is 2.84 bits per heavy atom. The Hall–Kier alpha value is -2.85. The second-order valence-corrected chi connectivity index (χ2v) is 7.45. The van der Waals surface area contributed by atoms with E-state index in [0.29, 0.717) is 23.0 Å². The molecule has 0 bridgehead atoms. The number of methoxy groups -OCH3 is 1. The monoisotopic (exact) mass is 469 g/mol. The quantitative estimate of drug-likeness (QED) is 0.490. The van der Waals surface area contributed by atoms with Gasteiger partial charge in [-0.3, -0.25) is 0 Å². The number of hydrogen-bond acceptors (Lipinski definition) is 6. The summed E-state index contributed by atoms with van der Waals surface area (Å²) in [5.74, 6) is -0.378. The number of carbonyl (C=O) groups is 1. The summed E-state index contributed by atoms with van der Waals surface area (Å²) in [6.45, 7) is 1.61. The summed E-state index contributed by atoms with van der Waals surface area (Å²) in [4.78, 5) is 22.9. The van der Waals surface area contributed by atoms with Gasteiger partial charge in [-0.05, 0) is 31.5 Å². The van der Waals surface area contributed by atoms with Crippen LogP contribution in [-0.2, 0) is 10.9 Å². The van der Waals surface area contributed by atoms with Crippen LogP contribution in [0.1, 0.15) is 35.2 Å². The molecular weight excluding hydrogens is 447 g/mol. The minimum absolute atomic E-state index is 0. The summed E-state index contributed by atoms with van der Waals surface area (Å²) in [6.07, 6.45) is 0.615. The number of nitrogens with zero attached hydrogens (tertiary/aromatic N) is 2. The lowest BCUT2D eigenvalue weighted by molar-refractivity contribution is -0.137. The van der Waals surface area contributed by atoms with Gasteiger partial charge in [-0.15, -0.1) is 12.4 Å². The molecule has 1 saturated heterocycles. The SMILES string of the molecule is COC(=O)c1ccc2c(-c3nc(N[C@H]4CCCCNC4)ncc3C(F)(F)F)c[nH]c2c1.Cl. The van der Waals surface area contributed by atoms with Crippen LogP contribution in [-0.4, -0.2) is 47.2 Å². The number of aromatic amines is 1. The van der Waals surface area contributed by atoms with Crippen molar-refractivity contribution in [3.8, 4) is 11.3 Å². The molecule has 1 aliphatic heterocycles. The van der Waals surface area contributed by atoms with Gasteiger partial charge in [0.1, 0.15) is 5.56 Å². The molecule has 1 aliphatic rings. The molecule has 4 rings (SSSR count). The number of anilines is 1. The molecule has 3 N–H and O–H groups in total. The fraction of sp³-hybridized carbons (Fsp3) is 0.381. The summed E-state index contributed by atoms with van der Waals surface area (Å²) >= 11 is 0. The van der Waals surface area contributed by atoms with Gasteiger partial charge in [-0.2, -0.15) is 13.2 Å². The van der Waals surface area contributed by atoms with Crippen molar-refractivity contribution in [2.75, 3.05) is 25.5 Å². The molecule has 1 aromatic carbocycles. The van der Waals surface area contributed by atoms with Crippen molar-refractivity contribution in [1.82, 2.24) is 20.3 Å². The van der Waals surface area contributed by atoms with Crippen LogP contribution in [0.15, 0.2) is 30.6 Å². The van der Waals surface area contributed by atoms with Crippen LogP contribution in [0.2, 0.25) is 0 Å². The third-order valence-electron chi connectivity index (χ3n) is 5.33. The molecular formula is C21H23ClF3N5O2. The predicted molar refractivity (Wildman–Crippen MR) is 117 cm³/mol. The second kappa shape index (κ2) is 9.74. The fourth-order valence-corrected chi connectivity index (χ4v) is 3.76. The molecule has 0 radical (unpaired) electrons. The van der Waals surface area contributed by atoms with Gasteiger partial charge in [0.15, 0.2) is 0 Å². The third kappa shape index (κ3) is 4.97. The first kappa shape index (κ1) is 23.8. The van der Waals surface area contributed by atoms with Crippen molar-refractivity contribution >= 4 is 35.2 Å². The number of benzene rings is 1. The molecule has 7 nitrogen and oxygen atoms in total. The topological polar surface area (TPSA) is 91.9 Å². The van der Waals surface area contributed by atoms with E-state index in [4.69, 9.17) is 4.74 Å². The van der Waals surface area contributed by atoms with E-state index in [2.05, 4.69) is 25.6 Å². The molecule has 11 heteroatoms. The molecule has 0 spiro atoms. The van der Waals surface area contributed by atoms with Crippen LogP contribution in [0, 0.1) is 0 Å². The highest BCUT2D eigenvalue weighted by Gasteiger charge is 2.36. The smallest absolute Gasteiger partial charge is 0.419 e. The van der Waals surface area contributed by atoms with Crippen molar-refractivity contribution in [3.63, 3.8) is 0 Å². The number of nitrogens with one attached hydrogen (secondary N) is 3. The highest BCUT2D eigenvalue weighted by molar-refractivity contribution is 6.00. The zero-order chi connectivity index (χ0) is 22.0. The minimum atomic E-state index is -4.62. The number of H-pyrrole nitrogens is 1. The predicted octanol–water partition coefficient (Wildman–Crippen LogP) is 4.41. The number of halogens is 4. The molecule has 32 heavy (non-hydrogen) atoms. The highest BCUT2D eigenvalue weighted by Crippen LogP contribution is 2.38. The zero-order valence-corrected chi connectivity index (χ0v) is 18.1. The maximum Gasteiger partial charge on any atom is 0.419 e. The van der Waals surface area contributed by atoms with Crippen LogP contribution >= 0.6 is 12.4 Å². The van der Waals surface area contributed by atoms with Crippen molar-refractivity contribution in [1.29, 1.82) is 0 Å². The van der Waals surface area contributed by atoms with Crippen LogP contribution in [0.25, 0.3) is 22.2 Å². The summed E-state index contributed by atoms with van der Waals surface area (Å²) < 4.78 is 45.9. The number of ether oxygens (including phenoxy) is 1. The van der Waals surface area contributed by atoms with Gasteiger partial charge >= 0.3 is 12.1 Å². The molecule has 3 heterocycles. The van der Waals surface area contributed by atoms with Crippen molar-refractivity contribution in [2.24, 2.45) is 0 Å². The largest absolute Gasteiger partial charge is 0.465 e. The number of carbonyl (C=O) groups excluding carboxylic acids is 1. The van der Waals surface area contributed by atoms with E-state index >= 15 is 0 Å². The number of rotatable bonds is 4. The highest BCUT2D eigenvalue weighted by atomic mass is 35.5. The summed E-state index contributed by atoms with van der Waals surface area (Å²) in [5, 5.41) is 6.97. The molecule has 1 fully saturated rings. The average Bonchev–Trinajstić information content (AvgIpc) is 3.00. The first-order valence-corrected chi connectivity index (χ1v) is 9.98. The van der Waals surface area contributed by atoms with Crippen LogP contribution in [0.3, 0.4) is 0 Å². The Morgan fingerprint density at radius 1 is 1.28 bits per heavy atom. The number of esters is 1. The number of fused-ring (bicyclic) bond motifs is 1. The van der Waals surface area contributed by atoms with Crippen molar-refractivity contribution in [3.05, 3.63) is 41.7 Å². The number of aromatic nitrogens is 3. The van der Waals surface area contributed by atoms with Crippen molar-refractivity contribution in [2.45, 2.75) is 31.5 Å². The molecule has 0 saturated carbocycles. The number of hydrogen-bond donors (Lipinski definition) is 3. The zero-order valence-electron chi connectivity index (χ0n) is 17.3. The summed E-state index contributed by atoms with van der Waals surface area (Å²) in [7, 11) is 1.27. The van der Waals surface area contributed by atoms with Gasteiger partial charge in [-0.1, -0.05) is 12.5 Å². The van der Waals surface area contributed by atoms with Gasteiger partial charge in [-0.25, -0.2) is 14.8 Å². The van der Waals surface area contributed by atoms with Crippen LogP contribution < -0.4 is 10.6 Å². The van der Waals surface area contributed by atoms with Gasteiger partial charge in [0.25, 0.3) is 0 Å². The normalized spacial score (nSPS) is 16.8. The van der Waals surface area contributed by atoms with E-state index in [0.717, 1.165) is 32.0 Å². The van der Waals surface area contributed by atoms with E-state index in [1.165, 1.54) is 25.4 Å². The second-order valence-electron chi connectivity index (χ2n) is 7.45. The van der Waals surface area contributed by atoms with Crippen LogP contribution in [0.5, 0.6) is 0 Å². The first-order valence-electron chi connectivity index (χ1n) is 9.98. The summed E-state index contributed by atoms with van der Waals surface area (Å²) in [5.41, 5.74) is -0.0562. The maximum atomic E-state index is 13.7. The standard InChI is InChI=1S/C21H22F3N5O2.ClH/c1-31-19(30)12-5-6-14-15(10-26-17(14)8-12)18-16(21(22,23)24)11-27-20(29-18)28-13-4-2-3-7-25-9-13;/h5-6,8,10-11,13,25-26H,2-4,7,9H2,1H3,(H,27,28,29);1H/t13-;/m0./s1. The molecule has 2 aromatic heterocycles. The van der Waals surface area contributed by atoms with Gasteiger partial charge in [0, 0.05) is 41.4 Å². The lowest BCUT2D eigenvalue weighted by atomic mass is 10.0. The third-order valence-corrected chi connectivity index (χ3v) is 5.33. The molecule has 0 aliphatic carbocycles. The minimum Gasteiger partial charge on any atom is -0.465 e. The Kier molecular flexibility index (Phi) is 7.25. The molecule has 0 unspecified atom stereocenters. The van der Waals surface area contributed by atoms with E-state index < -0.39 is 17.7 Å². The van der Waals surface area contributed by atoms with Gasteiger partial charge < -0.3 is 20.4 Å². The Balaban J connectivity index is 0.00000289. The lowest BCUT2D eigenvalue weighted by Crippen LogP contribution is -2.31. The Bertz CT molecular complexity index is 1090. The average molecular weight is 470 g/mol. The van der Waals surface area contributed by atoms with E-state index in [9.17, 15) is 18.0 Å². The molecule has 1 atom stereocenters. The van der Waals surface area contributed by atoms with E-state index in [1.54, 1.807) is 6.07 Å². The molecule has 0 amide bonds. The van der Waals surface area contributed by atoms with Crippen LogP contribution in [0.4, 0.5) is 19.1 Å². The lowest BCUT2D eigenvalue weighted by Gasteiger charge is -2.18. The fourth-order valence-electron chi connectivity index (χ4n) is 3.76. The first-order chi connectivity index (χ1) is 14.9. The maximum absolute atomic E-state index is 13.7. The molecule has 172 valence electrons. The van der Waals surface area contributed by atoms with Gasteiger partial charge in [0.05, 0.1) is 18.4 Å². The number of alkyl halides is 3. The molecule has 3 aromatic rings. The Morgan fingerprint density at radius 2 is 2.09 bits per heavy atom. The van der Waals surface area contributed by atoms with E-state index in [1.807, 2.05) is 0 Å². The summed E-state index contributed by atoms with van der Waals surface area (Å²) in [6, 6.07) is 4.67. The van der Waals surface area contributed by atoms with Gasteiger partial charge in [0.2, 0.25) is 5.95 Å². The van der Waals surface area contributed by atoms with Crippen molar-refractivity contribution < 1.29 is 22.7 Å². The van der Waals surface area contributed by atoms with E-state index in [-0.39, 0.29) is 35.7 Å².